The van der Waals surface area contributed by atoms with Crippen LogP contribution < -0.4 is 14.4 Å². The van der Waals surface area contributed by atoms with Crippen LogP contribution in [0.1, 0.15) is 25.0 Å². The van der Waals surface area contributed by atoms with Crippen molar-refractivity contribution < 1.29 is 17.9 Å². The highest BCUT2D eigenvalue weighted by Gasteiger charge is 2.23. The van der Waals surface area contributed by atoms with Crippen molar-refractivity contribution in [3.05, 3.63) is 59.7 Å². The van der Waals surface area contributed by atoms with E-state index in [0.717, 1.165) is 27.4 Å². The van der Waals surface area contributed by atoms with E-state index in [9.17, 15) is 13.2 Å². The number of anilines is 1. The Morgan fingerprint density at radius 2 is 1.79 bits per heavy atom. The number of hydrogen-bond acceptors (Lipinski definition) is 4. The fourth-order valence-corrected chi connectivity index (χ4v) is 3.75. The number of benzene rings is 2. The van der Waals surface area contributed by atoms with Crippen LogP contribution in [0, 0.1) is 6.92 Å². The highest BCUT2D eigenvalue weighted by atomic mass is 32.2. The molecular formula is C21H28N2O4S. The zero-order valence-electron chi connectivity index (χ0n) is 16.8. The van der Waals surface area contributed by atoms with Crippen molar-refractivity contribution in [2.75, 3.05) is 23.7 Å². The fraction of sp³-hybridized carbons (Fsp3) is 0.381. The van der Waals surface area contributed by atoms with Crippen molar-refractivity contribution in [3.8, 4) is 5.75 Å². The molecule has 0 aromatic heterocycles. The molecule has 0 saturated carbocycles. The average molecular weight is 405 g/mol. The number of hydrogen-bond donors (Lipinski definition) is 1. The summed E-state index contributed by atoms with van der Waals surface area (Å²) in [7, 11) is -3.60. The van der Waals surface area contributed by atoms with Gasteiger partial charge in [-0.1, -0.05) is 43.3 Å². The minimum Gasteiger partial charge on any atom is -0.491 e. The van der Waals surface area contributed by atoms with Gasteiger partial charge in [-0.15, -0.1) is 0 Å². The minimum absolute atomic E-state index is 0.269. The van der Waals surface area contributed by atoms with E-state index >= 15 is 0 Å². The molecule has 1 N–H and O–H groups in total. The summed E-state index contributed by atoms with van der Waals surface area (Å²) in [4.78, 5) is 12.5. The monoisotopic (exact) mass is 404 g/mol. The number of carbonyl (C=O) groups is 1. The molecule has 0 fully saturated rings. The summed E-state index contributed by atoms with van der Waals surface area (Å²) in [5.74, 6) is 0.385. The number of sulfonamides is 1. The van der Waals surface area contributed by atoms with Gasteiger partial charge in [0.1, 0.15) is 18.9 Å². The van der Waals surface area contributed by atoms with Gasteiger partial charge in [0.05, 0.1) is 18.0 Å². The Kier molecular flexibility index (Phi) is 7.45. The van der Waals surface area contributed by atoms with Gasteiger partial charge in [-0.3, -0.25) is 9.10 Å². The van der Waals surface area contributed by atoms with E-state index in [1.54, 1.807) is 12.1 Å². The van der Waals surface area contributed by atoms with E-state index in [1.807, 2.05) is 57.2 Å². The number of nitrogens with one attached hydrogen (secondary N) is 1. The fourth-order valence-electron chi connectivity index (χ4n) is 2.86. The van der Waals surface area contributed by atoms with Crippen molar-refractivity contribution in [1.29, 1.82) is 0 Å². The van der Waals surface area contributed by atoms with Gasteiger partial charge < -0.3 is 10.1 Å². The zero-order chi connectivity index (χ0) is 20.7. The number of ether oxygens (including phenoxy) is 1. The van der Waals surface area contributed by atoms with Crippen LogP contribution in [0.2, 0.25) is 0 Å². The van der Waals surface area contributed by atoms with Crippen LogP contribution in [0.15, 0.2) is 48.5 Å². The molecule has 0 aliphatic heterocycles. The van der Waals surface area contributed by atoms with Crippen molar-refractivity contribution in [2.45, 2.75) is 33.2 Å². The average Bonchev–Trinajstić information content (AvgIpc) is 2.64. The molecule has 0 bridgehead atoms. The predicted molar refractivity (Wildman–Crippen MR) is 112 cm³/mol. The molecule has 28 heavy (non-hydrogen) atoms. The second-order valence-corrected chi connectivity index (χ2v) is 8.70. The largest absolute Gasteiger partial charge is 0.491 e. The number of nitrogens with zero attached hydrogens (tertiary/aromatic N) is 1. The molecule has 0 saturated heterocycles. The van der Waals surface area contributed by atoms with Gasteiger partial charge in [0, 0.05) is 0 Å². The van der Waals surface area contributed by atoms with E-state index in [1.165, 1.54) is 0 Å². The van der Waals surface area contributed by atoms with Crippen LogP contribution in [0.3, 0.4) is 0 Å². The van der Waals surface area contributed by atoms with Gasteiger partial charge in [0.25, 0.3) is 0 Å². The smallest absolute Gasteiger partial charge is 0.241 e. The molecule has 152 valence electrons. The van der Waals surface area contributed by atoms with Gasteiger partial charge in [0.15, 0.2) is 0 Å². The topological polar surface area (TPSA) is 75.7 Å². The van der Waals surface area contributed by atoms with Gasteiger partial charge in [-0.25, -0.2) is 8.42 Å². The van der Waals surface area contributed by atoms with Gasteiger partial charge in [-0.05, 0) is 43.5 Å². The Morgan fingerprint density at radius 1 is 1.14 bits per heavy atom. The second kappa shape index (κ2) is 9.59. The number of rotatable bonds is 9. The summed E-state index contributed by atoms with van der Waals surface area (Å²) in [6, 6.07) is 14.6. The number of para-hydroxylation sites is 2. The SMILES string of the molecule is CCc1ccccc1N(CC(=O)N[C@@H](C)COc1ccccc1C)S(C)(=O)=O. The van der Waals surface area contributed by atoms with Gasteiger partial charge in [-0.2, -0.15) is 0 Å². The zero-order valence-corrected chi connectivity index (χ0v) is 17.6. The number of carbonyl (C=O) groups excluding carboxylic acids is 1. The summed E-state index contributed by atoms with van der Waals surface area (Å²) < 4.78 is 31.5. The van der Waals surface area contributed by atoms with Crippen molar-refractivity contribution in [2.24, 2.45) is 0 Å². The first-order valence-electron chi connectivity index (χ1n) is 9.25. The molecule has 2 aromatic carbocycles. The molecule has 2 rings (SSSR count). The molecule has 0 spiro atoms. The Balaban J connectivity index is 2.03. The lowest BCUT2D eigenvalue weighted by Gasteiger charge is -2.25. The molecule has 0 unspecified atom stereocenters. The third kappa shape index (κ3) is 5.99. The molecule has 7 heteroatoms. The maximum absolute atomic E-state index is 12.5. The van der Waals surface area contributed by atoms with Crippen LogP contribution in [0.4, 0.5) is 5.69 Å². The summed E-state index contributed by atoms with van der Waals surface area (Å²) in [6.07, 6.45) is 1.78. The first-order valence-corrected chi connectivity index (χ1v) is 11.1. The van der Waals surface area contributed by atoms with Crippen molar-refractivity contribution in [3.63, 3.8) is 0 Å². The standard InChI is InChI=1S/C21H28N2O4S/c1-5-18-11-7-8-12-19(18)23(28(4,25)26)14-21(24)22-17(3)15-27-20-13-9-6-10-16(20)2/h6-13,17H,5,14-15H2,1-4H3,(H,22,24)/t17-/m0/s1. The van der Waals surface area contributed by atoms with Crippen molar-refractivity contribution in [1.82, 2.24) is 5.32 Å². The van der Waals surface area contributed by atoms with Crippen LogP contribution >= 0.6 is 0 Å². The first-order chi connectivity index (χ1) is 13.2. The molecule has 1 atom stereocenters. The maximum atomic E-state index is 12.5. The van der Waals surface area contributed by atoms with Crippen LogP contribution in [0.25, 0.3) is 0 Å². The summed E-state index contributed by atoms with van der Waals surface area (Å²) >= 11 is 0. The van der Waals surface area contributed by atoms with E-state index in [-0.39, 0.29) is 18.5 Å². The first kappa shape index (κ1) is 21.8. The molecule has 2 aromatic rings. The Hall–Kier alpha value is -2.54. The van der Waals surface area contributed by atoms with Crippen LogP contribution in [0.5, 0.6) is 5.75 Å². The molecule has 0 aliphatic rings. The molecular weight excluding hydrogens is 376 g/mol. The summed E-state index contributed by atoms with van der Waals surface area (Å²) in [5.41, 5.74) is 2.42. The second-order valence-electron chi connectivity index (χ2n) is 6.80. The van der Waals surface area contributed by atoms with Crippen LogP contribution in [-0.4, -0.2) is 39.8 Å². The highest BCUT2D eigenvalue weighted by Crippen LogP contribution is 2.23. The lowest BCUT2D eigenvalue weighted by molar-refractivity contribution is -0.120. The summed E-state index contributed by atoms with van der Waals surface area (Å²) in [5, 5.41) is 2.81. The predicted octanol–water partition coefficient (Wildman–Crippen LogP) is 2.91. The molecule has 6 nitrogen and oxygen atoms in total. The van der Waals surface area contributed by atoms with E-state index < -0.39 is 10.0 Å². The van der Waals surface area contributed by atoms with Crippen molar-refractivity contribution >= 4 is 21.6 Å². The van der Waals surface area contributed by atoms with E-state index in [2.05, 4.69) is 5.32 Å². The Labute approximate surface area is 167 Å². The summed E-state index contributed by atoms with van der Waals surface area (Å²) in [6.45, 7) is 5.74. The molecule has 1 amide bonds. The van der Waals surface area contributed by atoms with Crippen LogP contribution in [-0.2, 0) is 21.2 Å². The third-order valence-electron chi connectivity index (χ3n) is 4.32. The third-order valence-corrected chi connectivity index (χ3v) is 5.45. The van der Waals surface area contributed by atoms with E-state index in [0.29, 0.717) is 18.7 Å². The normalized spacial score (nSPS) is 12.3. The quantitative estimate of drug-likeness (QED) is 0.697. The molecule has 0 aliphatic carbocycles. The minimum atomic E-state index is -3.60. The number of aryl methyl sites for hydroxylation is 2. The van der Waals surface area contributed by atoms with Gasteiger partial charge in [0.2, 0.25) is 15.9 Å². The molecule has 0 radical (unpaired) electrons. The van der Waals surface area contributed by atoms with Gasteiger partial charge >= 0.3 is 0 Å². The lowest BCUT2D eigenvalue weighted by Crippen LogP contribution is -2.45. The number of amides is 1. The van der Waals surface area contributed by atoms with E-state index in [4.69, 9.17) is 4.74 Å². The lowest BCUT2D eigenvalue weighted by atomic mass is 10.1. The highest BCUT2D eigenvalue weighted by molar-refractivity contribution is 7.92. The molecule has 0 heterocycles. The Bertz CT molecular complexity index is 912. The Morgan fingerprint density at radius 3 is 2.43 bits per heavy atom. The maximum Gasteiger partial charge on any atom is 0.241 e.